The molecule has 2 aromatic carbocycles. The number of halogens is 1. The van der Waals surface area contributed by atoms with Crippen LogP contribution in [-0.2, 0) is 25.8 Å². The maximum absolute atomic E-state index is 12.9. The average Bonchev–Trinajstić information content (AvgIpc) is 2.60. The number of sulfone groups is 1. The van der Waals surface area contributed by atoms with Gasteiger partial charge >= 0.3 is 5.97 Å². The third-order valence-corrected chi connectivity index (χ3v) is 6.48. The van der Waals surface area contributed by atoms with E-state index in [4.69, 9.17) is 16.3 Å². The van der Waals surface area contributed by atoms with Gasteiger partial charge in [-0.1, -0.05) is 41.4 Å². The Labute approximate surface area is 160 Å². The molecule has 0 amide bonds. The minimum atomic E-state index is -3.80. The molecule has 0 aliphatic rings. The van der Waals surface area contributed by atoms with Crippen molar-refractivity contribution in [3.05, 3.63) is 64.7 Å². The number of rotatable bonds is 8. The van der Waals surface area contributed by atoms with Gasteiger partial charge in [-0.15, -0.1) is 0 Å². The number of aryl methyl sites for hydroxylation is 2. The largest absolute Gasteiger partial charge is 0.465 e. The Morgan fingerprint density at radius 1 is 1.08 bits per heavy atom. The van der Waals surface area contributed by atoms with E-state index in [0.717, 1.165) is 11.1 Å². The van der Waals surface area contributed by atoms with Gasteiger partial charge < -0.3 is 4.74 Å². The first-order valence-electron chi connectivity index (χ1n) is 8.56. The van der Waals surface area contributed by atoms with Crippen LogP contribution in [0, 0.1) is 6.92 Å². The van der Waals surface area contributed by atoms with Crippen LogP contribution in [-0.4, -0.2) is 26.2 Å². The molecule has 0 fully saturated rings. The smallest absolute Gasteiger partial charge is 0.324 e. The molecule has 0 saturated heterocycles. The Bertz CT molecular complexity index is 827. The first kappa shape index (κ1) is 20.5. The van der Waals surface area contributed by atoms with E-state index >= 15 is 0 Å². The Balaban J connectivity index is 2.15. The fraction of sp³-hybridized carbons (Fsp3) is 0.350. The lowest BCUT2D eigenvalue weighted by Gasteiger charge is -2.16. The molecular formula is C20H23ClO4S. The van der Waals surface area contributed by atoms with Gasteiger partial charge in [0.2, 0.25) is 0 Å². The zero-order valence-corrected chi connectivity index (χ0v) is 16.5. The van der Waals surface area contributed by atoms with Crippen LogP contribution in [0.3, 0.4) is 0 Å². The van der Waals surface area contributed by atoms with Crippen LogP contribution < -0.4 is 0 Å². The second kappa shape index (κ2) is 9.19. The highest BCUT2D eigenvalue weighted by molar-refractivity contribution is 7.92. The van der Waals surface area contributed by atoms with Crippen molar-refractivity contribution in [2.75, 3.05) is 6.61 Å². The first-order chi connectivity index (χ1) is 12.3. The number of hydrogen-bond donors (Lipinski definition) is 0. The quantitative estimate of drug-likeness (QED) is 0.623. The molecule has 0 heterocycles. The van der Waals surface area contributed by atoms with Crippen molar-refractivity contribution in [1.82, 2.24) is 0 Å². The second-order valence-electron chi connectivity index (χ2n) is 6.12. The minimum Gasteiger partial charge on any atom is -0.465 e. The molecule has 0 spiro atoms. The van der Waals surface area contributed by atoms with E-state index in [9.17, 15) is 13.2 Å². The molecule has 1 atom stereocenters. The normalized spacial score (nSPS) is 12.6. The monoisotopic (exact) mass is 394 g/mol. The molecule has 0 aliphatic carbocycles. The summed E-state index contributed by atoms with van der Waals surface area (Å²) in [5.41, 5.74) is 2.00. The summed E-state index contributed by atoms with van der Waals surface area (Å²) in [5.74, 6) is -0.691. The fourth-order valence-corrected chi connectivity index (χ4v) is 4.44. The summed E-state index contributed by atoms with van der Waals surface area (Å²) in [5, 5.41) is -0.544. The van der Waals surface area contributed by atoms with Gasteiger partial charge in [-0.25, -0.2) is 8.42 Å². The summed E-state index contributed by atoms with van der Waals surface area (Å²) in [6, 6.07) is 13.9. The van der Waals surface area contributed by atoms with Crippen LogP contribution >= 0.6 is 11.6 Å². The Kier molecular flexibility index (Phi) is 7.23. The van der Waals surface area contributed by atoms with Crippen molar-refractivity contribution in [2.45, 2.75) is 43.3 Å². The van der Waals surface area contributed by atoms with Crippen molar-refractivity contribution < 1.29 is 17.9 Å². The highest BCUT2D eigenvalue weighted by Crippen LogP contribution is 2.22. The molecule has 0 saturated carbocycles. The lowest BCUT2D eigenvalue weighted by molar-refractivity contribution is -0.142. The summed E-state index contributed by atoms with van der Waals surface area (Å²) in [6.07, 6.45) is 1.42. The fourth-order valence-electron chi connectivity index (χ4n) is 2.67. The summed E-state index contributed by atoms with van der Waals surface area (Å²) < 4.78 is 30.9. The molecule has 0 N–H and O–H groups in total. The molecule has 0 aliphatic heterocycles. The van der Waals surface area contributed by atoms with E-state index < -0.39 is 21.1 Å². The van der Waals surface area contributed by atoms with Crippen molar-refractivity contribution in [2.24, 2.45) is 0 Å². The van der Waals surface area contributed by atoms with Gasteiger partial charge in [0.25, 0.3) is 0 Å². The predicted molar refractivity (Wildman–Crippen MR) is 103 cm³/mol. The molecule has 1 unspecified atom stereocenters. The Morgan fingerprint density at radius 2 is 1.69 bits per heavy atom. The van der Waals surface area contributed by atoms with Gasteiger partial charge in [-0.2, -0.15) is 0 Å². The average molecular weight is 395 g/mol. The maximum atomic E-state index is 12.9. The van der Waals surface area contributed by atoms with Crippen LogP contribution in [0.5, 0.6) is 0 Å². The van der Waals surface area contributed by atoms with Gasteiger partial charge in [0, 0.05) is 5.02 Å². The zero-order chi connectivity index (χ0) is 19.2. The molecule has 0 radical (unpaired) electrons. The van der Waals surface area contributed by atoms with Crippen molar-refractivity contribution in [3.63, 3.8) is 0 Å². The number of carbonyl (C=O) groups excluding carboxylic acids is 1. The van der Waals surface area contributed by atoms with Gasteiger partial charge in [-0.3, -0.25) is 4.79 Å². The predicted octanol–water partition coefficient (Wildman–Crippen LogP) is 4.38. The van der Waals surface area contributed by atoms with Gasteiger partial charge in [0.15, 0.2) is 15.1 Å². The minimum absolute atomic E-state index is 0.146. The molecule has 6 heteroatoms. The van der Waals surface area contributed by atoms with Crippen LogP contribution in [0.25, 0.3) is 0 Å². The van der Waals surface area contributed by atoms with Crippen LogP contribution in [0.2, 0.25) is 5.02 Å². The molecule has 2 rings (SSSR count). The molecular weight excluding hydrogens is 372 g/mol. The molecule has 0 bridgehead atoms. The van der Waals surface area contributed by atoms with Crippen LogP contribution in [0.1, 0.15) is 30.9 Å². The van der Waals surface area contributed by atoms with E-state index in [1.165, 1.54) is 12.1 Å². The number of ether oxygens (including phenoxy) is 1. The highest BCUT2D eigenvalue weighted by atomic mass is 35.5. The third kappa shape index (κ3) is 5.32. The van der Waals surface area contributed by atoms with Crippen molar-refractivity contribution in [1.29, 1.82) is 0 Å². The van der Waals surface area contributed by atoms with E-state index in [0.29, 0.717) is 17.9 Å². The van der Waals surface area contributed by atoms with Crippen molar-refractivity contribution in [3.8, 4) is 0 Å². The molecule has 140 valence electrons. The zero-order valence-electron chi connectivity index (χ0n) is 14.9. The van der Waals surface area contributed by atoms with E-state index in [1.807, 2.05) is 19.1 Å². The van der Waals surface area contributed by atoms with E-state index in [2.05, 4.69) is 0 Å². The van der Waals surface area contributed by atoms with Crippen LogP contribution in [0.15, 0.2) is 53.4 Å². The lowest BCUT2D eigenvalue weighted by Crippen LogP contribution is -2.32. The number of carbonyl (C=O) groups is 1. The van der Waals surface area contributed by atoms with Gasteiger partial charge in [0.1, 0.15) is 0 Å². The summed E-state index contributed by atoms with van der Waals surface area (Å²) >= 11 is 5.87. The first-order valence-corrected chi connectivity index (χ1v) is 10.5. The second-order valence-corrected chi connectivity index (χ2v) is 8.68. The van der Waals surface area contributed by atoms with Gasteiger partial charge in [0.05, 0.1) is 11.5 Å². The van der Waals surface area contributed by atoms with E-state index in [1.54, 1.807) is 31.2 Å². The van der Waals surface area contributed by atoms with Crippen LogP contribution in [0.4, 0.5) is 0 Å². The molecule has 2 aromatic rings. The van der Waals surface area contributed by atoms with Gasteiger partial charge in [-0.05, 0) is 62.9 Å². The standard InChI is InChI=1S/C20H23ClO4S/c1-3-25-20(22)19(6-4-5-16-9-11-17(21)12-10-16)26(23,24)18-13-7-15(2)8-14-18/h7-14,19H,3-6H2,1-2H3. The molecule has 26 heavy (non-hydrogen) atoms. The summed E-state index contributed by atoms with van der Waals surface area (Å²) in [7, 11) is -3.80. The Hall–Kier alpha value is -1.85. The highest BCUT2D eigenvalue weighted by Gasteiger charge is 2.34. The third-order valence-electron chi connectivity index (χ3n) is 4.12. The topological polar surface area (TPSA) is 60.4 Å². The van der Waals surface area contributed by atoms with E-state index in [-0.39, 0.29) is 17.9 Å². The lowest BCUT2D eigenvalue weighted by atomic mass is 10.1. The number of benzene rings is 2. The summed E-state index contributed by atoms with van der Waals surface area (Å²) in [6.45, 7) is 3.70. The molecule has 4 nitrogen and oxygen atoms in total. The SMILES string of the molecule is CCOC(=O)C(CCCc1ccc(Cl)cc1)S(=O)(=O)c1ccc(C)cc1. The number of esters is 1. The Morgan fingerprint density at radius 3 is 2.27 bits per heavy atom. The molecule has 0 aromatic heterocycles. The number of hydrogen-bond acceptors (Lipinski definition) is 4. The maximum Gasteiger partial charge on any atom is 0.324 e. The summed E-state index contributed by atoms with van der Waals surface area (Å²) in [4.78, 5) is 12.4. The van der Waals surface area contributed by atoms with Crippen molar-refractivity contribution >= 4 is 27.4 Å².